The number of halogens is 1. The van der Waals surface area contributed by atoms with E-state index in [-0.39, 0.29) is 18.8 Å². The Morgan fingerprint density at radius 3 is 2.41 bits per heavy atom. The number of carbonyl (C=O) groups excluding carboxylic acids is 1. The number of thiazole rings is 1. The molecule has 3 aromatic rings. The van der Waals surface area contributed by atoms with Gasteiger partial charge >= 0.3 is 5.97 Å². The molecular weight excluding hydrogens is 510 g/mol. The van der Waals surface area contributed by atoms with Crippen LogP contribution >= 0.6 is 22.9 Å². The smallest absolute Gasteiger partial charge is 0.338 e. The van der Waals surface area contributed by atoms with Gasteiger partial charge in [0.25, 0.3) is 5.56 Å². The molecule has 0 aliphatic carbocycles. The Balaban J connectivity index is 1.81. The molecular formula is C28H30ClN3O4S. The molecule has 0 radical (unpaired) electrons. The number of rotatable bonds is 9. The van der Waals surface area contributed by atoms with Gasteiger partial charge in [-0.25, -0.2) is 9.79 Å². The molecule has 194 valence electrons. The number of hydrogen-bond acceptors (Lipinski definition) is 7. The van der Waals surface area contributed by atoms with Crippen LogP contribution < -0.4 is 19.8 Å². The molecule has 0 saturated carbocycles. The number of esters is 1. The summed E-state index contributed by atoms with van der Waals surface area (Å²) in [5.74, 6) is -0.528. The molecule has 0 amide bonds. The minimum atomic E-state index is -0.684. The number of hydrogen-bond donors (Lipinski definition) is 0. The predicted octanol–water partition coefficient (Wildman–Crippen LogP) is 3.92. The van der Waals surface area contributed by atoms with Crippen molar-refractivity contribution in [2.75, 3.05) is 38.3 Å². The molecule has 0 spiro atoms. The van der Waals surface area contributed by atoms with E-state index in [1.54, 1.807) is 23.6 Å². The van der Waals surface area contributed by atoms with Crippen LogP contribution in [0.1, 0.15) is 37.9 Å². The molecule has 7 nitrogen and oxygen atoms in total. The summed E-state index contributed by atoms with van der Waals surface area (Å²) in [4.78, 5) is 34.3. The van der Waals surface area contributed by atoms with E-state index < -0.39 is 12.0 Å². The molecule has 1 atom stereocenters. The normalized spacial score (nSPS) is 15.4. The van der Waals surface area contributed by atoms with Crippen molar-refractivity contribution in [3.8, 4) is 0 Å². The highest BCUT2D eigenvalue weighted by atomic mass is 35.5. The van der Waals surface area contributed by atoms with E-state index in [0.717, 1.165) is 29.9 Å². The molecule has 0 saturated heterocycles. The van der Waals surface area contributed by atoms with E-state index in [9.17, 15) is 9.59 Å². The summed E-state index contributed by atoms with van der Waals surface area (Å²) in [5.41, 5.74) is 3.41. The Morgan fingerprint density at radius 2 is 1.78 bits per heavy atom. The Hall–Kier alpha value is -3.20. The highest BCUT2D eigenvalue weighted by Crippen LogP contribution is 2.31. The molecule has 4 rings (SSSR count). The van der Waals surface area contributed by atoms with Crippen LogP contribution in [-0.2, 0) is 14.3 Å². The van der Waals surface area contributed by atoms with Gasteiger partial charge in [0.05, 0.1) is 28.5 Å². The highest BCUT2D eigenvalue weighted by Gasteiger charge is 2.33. The van der Waals surface area contributed by atoms with Crippen molar-refractivity contribution in [1.82, 2.24) is 4.57 Å². The average Bonchev–Trinajstić information content (AvgIpc) is 3.19. The maximum Gasteiger partial charge on any atom is 0.338 e. The molecule has 1 unspecified atom stereocenters. The number of ether oxygens (including phenoxy) is 2. The minimum Gasteiger partial charge on any atom is -0.460 e. The molecule has 0 N–H and O–H groups in total. The van der Waals surface area contributed by atoms with Crippen LogP contribution in [0, 0.1) is 0 Å². The van der Waals surface area contributed by atoms with Crippen molar-refractivity contribution >= 4 is 40.7 Å². The van der Waals surface area contributed by atoms with Crippen molar-refractivity contribution in [3.05, 3.63) is 95.6 Å². The molecule has 1 aromatic heterocycles. The molecule has 9 heteroatoms. The summed E-state index contributed by atoms with van der Waals surface area (Å²) in [6.45, 7) is 8.24. The maximum atomic E-state index is 13.7. The standard InChI is InChI=1S/C28H30ClN3O4S/c1-5-31(6-2)22-13-7-19(8-14-22)17-23-26(33)32-25(20-9-11-21(29)12-10-20)24(18(3)30-28(32)37-23)27(34)36-16-15-35-4/h7-14,17,25H,5-6,15-16H2,1-4H3. The molecule has 0 bridgehead atoms. The number of nitrogens with zero attached hydrogens (tertiary/aromatic N) is 3. The van der Waals surface area contributed by atoms with Crippen LogP contribution in [0.4, 0.5) is 5.69 Å². The van der Waals surface area contributed by atoms with E-state index in [1.165, 1.54) is 18.4 Å². The largest absolute Gasteiger partial charge is 0.460 e. The van der Waals surface area contributed by atoms with Gasteiger partial charge in [0.15, 0.2) is 4.80 Å². The molecule has 37 heavy (non-hydrogen) atoms. The average molecular weight is 540 g/mol. The lowest BCUT2D eigenvalue weighted by Crippen LogP contribution is -2.40. The number of anilines is 1. The third-order valence-electron chi connectivity index (χ3n) is 6.27. The van der Waals surface area contributed by atoms with Gasteiger partial charge < -0.3 is 14.4 Å². The van der Waals surface area contributed by atoms with Gasteiger partial charge in [-0.2, -0.15) is 0 Å². The maximum absolute atomic E-state index is 13.7. The number of aromatic nitrogens is 1. The Kier molecular flexibility index (Phi) is 8.63. The van der Waals surface area contributed by atoms with Gasteiger partial charge in [-0.05, 0) is 62.2 Å². The monoisotopic (exact) mass is 539 g/mol. The fourth-order valence-corrected chi connectivity index (χ4v) is 5.53. The predicted molar refractivity (Wildman–Crippen MR) is 148 cm³/mol. The Labute approximate surface area is 224 Å². The van der Waals surface area contributed by atoms with Crippen molar-refractivity contribution in [1.29, 1.82) is 0 Å². The fourth-order valence-electron chi connectivity index (χ4n) is 4.36. The Bertz CT molecular complexity index is 1470. The van der Waals surface area contributed by atoms with E-state index in [4.69, 9.17) is 21.1 Å². The van der Waals surface area contributed by atoms with Crippen LogP contribution in [-0.4, -0.2) is 43.9 Å². The Morgan fingerprint density at radius 1 is 1.11 bits per heavy atom. The summed E-state index contributed by atoms with van der Waals surface area (Å²) in [6, 6.07) is 14.6. The van der Waals surface area contributed by atoms with Gasteiger partial charge in [-0.15, -0.1) is 0 Å². The van der Waals surface area contributed by atoms with E-state index in [1.807, 2.05) is 30.3 Å². The summed E-state index contributed by atoms with van der Waals surface area (Å²) >= 11 is 7.43. The molecule has 2 heterocycles. The second-order valence-corrected chi connectivity index (χ2v) is 9.97. The van der Waals surface area contributed by atoms with Crippen LogP contribution in [0.3, 0.4) is 0 Å². The number of fused-ring (bicyclic) bond motifs is 1. The van der Waals surface area contributed by atoms with E-state index in [0.29, 0.717) is 25.6 Å². The first-order valence-corrected chi connectivity index (χ1v) is 13.4. The first-order valence-electron chi connectivity index (χ1n) is 12.2. The molecule has 1 aliphatic heterocycles. The van der Waals surface area contributed by atoms with Crippen LogP contribution in [0.5, 0.6) is 0 Å². The molecule has 2 aromatic carbocycles. The summed E-state index contributed by atoms with van der Waals surface area (Å²) < 4.78 is 12.6. The van der Waals surface area contributed by atoms with E-state index >= 15 is 0 Å². The van der Waals surface area contributed by atoms with Gasteiger partial charge in [0, 0.05) is 30.9 Å². The topological polar surface area (TPSA) is 73.1 Å². The number of allylic oxidation sites excluding steroid dienone is 1. The first kappa shape index (κ1) is 26.9. The van der Waals surface area contributed by atoms with Crippen LogP contribution in [0.2, 0.25) is 5.02 Å². The zero-order chi connectivity index (χ0) is 26.5. The van der Waals surface area contributed by atoms with Crippen molar-refractivity contribution in [3.63, 3.8) is 0 Å². The zero-order valence-corrected chi connectivity index (χ0v) is 22.9. The number of carbonyl (C=O) groups is 1. The zero-order valence-electron chi connectivity index (χ0n) is 21.4. The minimum absolute atomic E-state index is 0.105. The highest BCUT2D eigenvalue weighted by molar-refractivity contribution is 7.07. The third-order valence-corrected chi connectivity index (χ3v) is 7.50. The number of benzene rings is 2. The second-order valence-electron chi connectivity index (χ2n) is 8.53. The quantitative estimate of drug-likeness (QED) is 0.304. The van der Waals surface area contributed by atoms with Crippen LogP contribution in [0.15, 0.2) is 69.6 Å². The van der Waals surface area contributed by atoms with Crippen LogP contribution in [0.25, 0.3) is 6.08 Å². The van der Waals surface area contributed by atoms with Crippen molar-refractivity contribution in [2.24, 2.45) is 4.99 Å². The van der Waals surface area contributed by atoms with Gasteiger partial charge in [0.1, 0.15) is 6.61 Å². The lowest BCUT2D eigenvalue weighted by molar-refractivity contribution is -0.140. The lowest BCUT2D eigenvalue weighted by Gasteiger charge is -2.24. The third kappa shape index (κ3) is 5.71. The number of methoxy groups -OCH3 is 1. The van der Waals surface area contributed by atoms with Gasteiger partial charge in [0.2, 0.25) is 0 Å². The van der Waals surface area contributed by atoms with Crippen molar-refractivity contribution < 1.29 is 14.3 Å². The second kappa shape index (κ2) is 11.9. The summed E-state index contributed by atoms with van der Waals surface area (Å²) in [7, 11) is 1.54. The SMILES string of the molecule is CCN(CC)c1ccc(C=c2sc3n(c2=O)C(c2ccc(Cl)cc2)C(C(=O)OCCOC)=C(C)N=3)cc1. The van der Waals surface area contributed by atoms with Crippen molar-refractivity contribution in [2.45, 2.75) is 26.8 Å². The molecule has 1 aliphatic rings. The first-order chi connectivity index (χ1) is 17.9. The van der Waals surface area contributed by atoms with E-state index in [2.05, 4.69) is 35.9 Å². The van der Waals surface area contributed by atoms with Gasteiger partial charge in [-0.1, -0.05) is 47.2 Å². The summed E-state index contributed by atoms with van der Waals surface area (Å²) in [5, 5.41) is 0.564. The molecule has 0 fully saturated rings. The van der Waals surface area contributed by atoms with Gasteiger partial charge in [-0.3, -0.25) is 9.36 Å². The fraction of sp³-hybridized carbons (Fsp3) is 0.321. The summed E-state index contributed by atoms with van der Waals surface area (Å²) in [6.07, 6.45) is 1.87. The lowest BCUT2D eigenvalue weighted by atomic mass is 9.96.